The number of sulfonamides is 1. The summed E-state index contributed by atoms with van der Waals surface area (Å²) in [6.07, 6.45) is 0. The highest BCUT2D eigenvalue weighted by Crippen LogP contribution is 2.30. The number of rotatable bonds is 4. The maximum Gasteiger partial charge on any atom is 0.242 e. The van der Waals surface area contributed by atoms with E-state index in [9.17, 15) is 13.5 Å². The predicted octanol–water partition coefficient (Wildman–Crippen LogP) is -0.283. The van der Waals surface area contributed by atoms with Gasteiger partial charge in [0.2, 0.25) is 10.0 Å². The van der Waals surface area contributed by atoms with Crippen molar-refractivity contribution >= 4 is 21.4 Å². The Morgan fingerprint density at radius 3 is 2.81 bits per heavy atom. The van der Waals surface area contributed by atoms with E-state index in [2.05, 4.69) is 0 Å². The zero-order valence-electron chi connectivity index (χ0n) is 12.2. The van der Waals surface area contributed by atoms with Gasteiger partial charge >= 0.3 is 0 Å². The lowest BCUT2D eigenvalue weighted by molar-refractivity contribution is 0.0728. The molecule has 1 saturated heterocycles. The van der Waals surface area contributed by atoms with Crippen LogP contribution in [0.4, 0.5) is 11.4 Å². The standard InChI is InChI=1S/C13H21N3O4S/c1-15(2)21(18,19)11-3-4-12(14)13(7-11)16-5-6-20-9-10(16)8-17/h3-4,7,10,17H,5-6,8-9,14H2,1-2H3. The molecule has 1 aliphatic heterocycles. The summed E-state index contributed by atoms with van der Waals surface area (Å²) in [5.41, 5.74) is 7.08. The second-order valence-electron chi connectivity index (χ2n) is 5.11. The summed E-state index contributed by atoms with van der Waals surface area (Å²) in [6.45, 7) is 1.38. The molecule has 0 amide bonds. The summed E-state index contributed by atoms with van der Waals surface area (Å²) < 4.78 is 30.9. The third kappa shape index (κ3) is 3.13. The van der Waals surface area contributed by atoms with Gasteiger partial charge in [0.05, 0.1) is 42.1 Å². The minimum Gasteiger partial charge on any atom is -0.397 e. The number of anilines is 2. The molecule has 1 fully saturated rings. The van der Waals surface area contributed by atoms with Crippen molar-refractivity contribution < 1.29 is 18.3 Å². The van der Waals surface area contributed by atoms with Crippen molar-refractivity contribution in [2.24, 2.45) is 0 Å². The molecule has 0 spiro atoms. The van der Waals surface area contributed by atoms with E-state index in [1.54, 1.807) is 12.1 Å². The van der Waals surface area contributed by atoms with Crippen LogP contribution in [-0.2, 0) is 14.8 Å². The van der Waals surface area contributed by atoms with Gasteiger partial charge in [-0.25, -0.2) is 12.7 Å². The highest BCUT2D eigenvalue weighted by Gasteiger charge is 2.26. The van der Waals surface area contributed by atoms with Crippen LogP contribution in [0.3, 0.4) is 0 Å². The monoisotopic (exact) mass is 315 g/mol. The number of benzene rings is 1. The molecule has 2 rings (SSSR count). The zero-order chi connectivity index (χ0) is 15.6. The second kappa shape index (κ2) is 6.18. The molecule has 0 aromatic heterocycles. The highest BCUT2D eigenvalue weighted by molar-refractivity contribution is 7.89. The maximum absolute atomic E-state index is 12.2. The molecule has 0 bridgehead atoms. The fourth-order valence-corrected chi connectivity index (χ4v) is 3.19. The Morgan fingerprint density at radius 1 is 1.48 bits per heavy atom. The Labute approximate surface area is 125 Å². The maximum atomic E-state index is 12.2. The Morgan fingerprint density at radius 2 is 2.19 bits per heavy atom. The highest BCUT2D eigenvalue weighted by atomic mass is 32.2. The van der Waals surface area contributed by atoms with E-state index in [1.165, 1.54) is 20.2 Å². The first-order valence-electron chi connectivity index (χ1n) is 6.65. The van der Waals surface area contributed by atoms with E-state index in [0.717, 1.165) is 4.31 Å². The number of aliphatic hydroxyl groups is 1. The van der Waals surface area contributed by atoms with E-state index >= 15 is 0 Å². The fourth-order valence-electron chi connectivity index (χ4n) is 2.27. The number of aliphatic hydroxyl groups excluding tert-OH is 1. The topological polar surface area (TPSA) is 96.1 Å². The molecule has 1 unspecified atom stereocenters. The Balaban J connectivity index is 2.44. The van der Waals surface area contributed by atoms with Crippen LogP contribution in [-0.4, -0.2) is 64.3 Å². The smallest absolute Gasteiger partial charge is 0.242 e. The van der Waals surface area contributed by atoms with Crippen LogP contribution in [0, 0.1) is 0 Å². The summed E-state index contributed by atoms with van der Waals surface area (Å²) in [7, 11) is -0.556. The van der Waals surface area contributed by atoms with Gasteiger partial charge in [-0.1, -0.05) is 0 Å². The minimum atomic E-state index is -3.52. The average Bonchev–Trinajstić information content (AvgIpc) is 2.47. The van der Waals surface area contributed by atoms with Crippen LogP contribution in [0.15, 0.2) is 23.1 Å². The largest absolute Gasteiger partial charge is 0.397 e. The van der Waals surface area contributed by atoms with Gasteiger partial charge in [-0.2, -0.15) is 0 Å². The molecule has 1 atom stereocenters. The molecule has 0 aliphatic carbocycles. The van der Waals surface area contributed by atoms with Crippen LogP contribution in [0.5, 0.6) is 0 Å². The molecule has 118 valence electrons. The molecular formula is C13H21N3O4S. The van der Waals surface area contributed by atoms with E-state index in [4.69, 9.17) is 10.5 Å². The van der Waals surface area contributed by atoms with E-state index in [1.807, 2.05) is 4.90 Å². The van der Waals surface area contributed by atoms with Crippen molar-refractivity contribution in [2.75, 3.05) is 51.1 Å². The van der Waals surface area contributed by atoms with Crippen molar-refractivity contribution in [3.63, 3.8) is 0 Å². The van der Waals surface area contributed by atoms with Crippen molar-refractivity contribution in [1.29, 1.82) is 0 Å². The summed E-state index contributed by atoms with van der Waals surface area (Å²) in [5.74, 6) is 0. The van der Waals surface area contributed by atoms with Gasteiger partial charge in [0, 0.05) is 20.6 Å². The third-order valence-corrected chi connectivity index (χ3v) is 5.34. The molecule has 1 aromatic rings. The lowest BCUT2D eigenvalue weighted by atomic mass is 10.1. The van der Waals surface area contributed by atoms with Gasteiger partial charge < -0.3 is 20.5 Å². The van der Waals surface area contributed by atoms with Crippen molar-refractivity contribution in [1.82, 2.24) is 4.31 Å². The van der Waals surface area contributed by atoms with E-state index in [-0.39, 0.29) is 17.5 Å². The summed E-state index contributed by atoms with van der Waals surface area (Å²) in [5, 5.41) is 9.44. The number of nitrogen functional groups attached to an aromatic ring is 1. The molecule has 0 radical (unpaired) electrons. The first-order valence-corrected chi connectivity index (χ1v) is 8.09. The van der Waals surface area contributed by atoms with Gasteiger partial charge in [0.1, 0.15) is 0 Å². The summed E-state index contributed by atoms with van der Waals surface area (Å²) in [4.78, 5) is 2.08. The van der Waals surface area contributed by atoms with Gasteiger partial charge in [-0.3, -0.25) is 0 Å². The van der Waals surface area contributed by atoms with Crippen molar-refractivity contribution in [3.05, 3.63) is 18.2 Å². The minimum absolute atomic E-state index is 0.0793. The molecule has 7 nitrogen and oxygen atoms in total. The number of nitrogens with two attached hydrogens (primary N) is 1. The van der Waals surface area contributed by atoms with Gasteiger partial charge in [0.15, 0.2) is 0 Å². The van der Waals surface area contributed by atoms with Crippen LogP contribution in [0.25, 0.3) is 0 Å². The van der Waals surface area contributed by atoms with E-state index in [0.29, 0.717) is 31.1 Å². The number of nitrogens with zero attached hydrogens (tertiary/aromatic N) is 2. The zero-order valence-corrected chi connectivity index (χ0v) is 13.0. The van der Waals surface area contributed by atoms with Gasteiger partial charge in [-0.15, -0.1) is 0 Å². The van der Waals surface area contributed by atoms with Gasteiger partial charge in [-0.05, 0) is 18.2 Å². The predicted molar refractivity (Wildman–Crippen MR) is 80.8 cm³/mol. The van der Waals surface area contributed by atoms with Crippen molar-refractivity contribution in [3.8, 4) is 0 Å². The van der Waals surface area contributed by atoms with Crippen LogP contribution in [0.1, 0.15) is 0 Å². The Hall–Kier alpha value is -1.35. The Kier molecular flexibility index (Phi) is 4.72. The van der Waals surface area contributed by atoms with Crippen molar-refractivity contribution in [2.45, 2.75) is 10.9 Å². The normalized spacial score (nSPS) is 20.0. The summed E-state index contributed by atoms with van der Waals surface area (Å²) in [6, 6.07) is 4.40. The molecule has 3 N–H and O–H groups in total. The van der Waals surface area contributed by atoms with E-state index < -0.39 is 10.0 Å². The Bertz CT molecular complexity index is 603. The lowest BCUT2D eigenvalue weighted by Gasteiger charge is -2.37. The third-order valence-electron chi connectivity index (χ3n) is 3.53. The fraction of sp³-hybridized carbons (Fsp3) is 0.538. The molecule has 1 heterocycles. The number of morpholine rings is 1. The van der Waals surface area contributed by atoms with Crippen LogP contribution in [0.2, 0.25) is 0 Å². The van der Waals surface area contributed by atoms with Crippen LogP contribution < -0.4 is 10.6 Å². The average molecular weight is 315 g/mol. The molecule has 21 heavy (non-hydrogen) atoms. The first kappa shape index (κ1) is 16.0. The van der Waals surface area contributed by atoms with Crippen LogP contribution >= 0.6 is 0 Å². The van der Waals surface area contributed by atoms with Gasteiger partial charge in [0.25, 0.3) is 0 Å². The second-order valence-corrected chi connectivity index (χ2v) is 7.26. The molecule has 8 heteroatoms. The molecule has 0 saturated carbocycles. The number of ether oxygens (including phenoxy) is 1. The SMILES string of the molecule is CN(C)S(=O)(=O)c1ccc(N)c(N2CCOCC2CO)c1. The number of hydrogen-bond acceptors (Lipinski definition) is 6. The number of hydrogen-bond donors (Lipinski definition) is 2. The molecule has 1 aromatic carbocycles. The molecular weight excluding hydrogens is 294 g/mol. The first-order chi connectivity index (χ1) is 9.87. The summed E-state index contributed by atoms with van der Waals surface area (Å²) >= 11 is 0. The molecule has 1 aliphatic rings. The lowest BCUT2D eigenvalue weighted by Crippen LogP contribution is -2.48. The quantitative estimate of drug-likeness (QED) is 0.742.